The Kier molecular flexibility index (Phi) is 4.31. The Morgan fingerprint density at radius 2 is 2.09 bits per heavy atom. The van der Waals surface area contributed by atoms with E-state index in [1.807, 2.05) is 0 Å². The summed E-state index contributed by atoms with van der Waals surface area (Å²) in [6, 6.07) is 5.46. The molecule has 2 aromatic rings. The van der Waals surface area contributed by atoms with Crippen LogP contribution in [0.15, 0.2) is 41.3 Å². The van der Waals surface area contributed by atoms with Crippen LogP contribution in [0.5, 0.6) is 5.75 Å². The summed E-state index contributed by atoms with van der Waals surface area (Å²) in [5.41, 5.74) is -0.936. The molecule has 22 heavy (non-hydrogen) atoms. The zero-order valence-electron chi connectivity index (χ0n) is 11.5. The van der Waals surface area contributed by atoms with Gasteiger partial charge in [0.1, 0.15) is 11.6 Å². The van der Waals surface area contributed by atoms with Crippen molar-refractivity contribution in [2.24, 2.45) is 0 Å². The van der Waals surface area contributed by atoms with Crippen molar-refractivity contribution in [2.45, 2.75) is 6.54 Å². The number of ketones is 1. The van der Waals surface area contributed by atoms with Gasteiger partial charge < -0.3 is 9.30 Å². The molecule has 0 radical (unpaired) electrons. The molecule has 1 aromatic heterocycles. The molecule has 114 valence electrons. The molecule has 0 spiro atoms. The topological polar surface area (TPSA) is 91.4 Å². The first-order valence-corrected chi connectivity index (χ1v) is 6.14. The van der Waals surface area contributed by atoms with Crippen molar-refractivity contribution < 1.29 is 18.8 Å². The number of rotatable bonds is 5. The minimum Gasteiger partial charge on any atom is -0.496 e. The Morgan fingerprint density at radius 3 is 2.73 bits per heavy atom. The predicted octanol–water partition coefficient (Wildman–Crippen LogP) is 1.79. The fraction of sp³-hybridized carbons (Fsp3) is 0.143. The number of nitrogens with zero attached hydrogens (tertiary/aromatic N) is 2. The van der Waals surface area contributed by atoms with Crippen LogP contribution in [0, 0.1) is 15.9 Å². The number of ether oxygens (including phenoxy) is 1. The minimum absolute atomic E-state index is 0.0408. The van der Waals surface area contributed by atoms with Gasteiger partial charge in [-0.2, -0.15) is 0 Å². The lowest BCUT2D eigenvalue weighted by Crippen LogP contribution is -2.23. The number of hydrogen-bond donors (Lipinski definition) is 0. The Balaban J connectivity index is 2.37. The van der Waals surface area contributed by atoms with Gasteiger partial charge in [-0.1, -0.05) is 0 Å². The van der Waals surface area contributed by atoms with Gasteiger partial charge in [0.05, 0.1) is 30.3 Å². The van der Waals surface area contributed by atoms with Crippen molar-refractivity contribution in [3.63, 3.8) is 0 Å². The Bertz CT molecular complexity index is 800. The number of halogens is 1. The maximum atomic E-state index is 13.3. The molecule has 0 saturated carbocycles. The molecular formula is C14H11FN2O5. The number of aromatic nitrogens is 1. The van der Waals surface area contributed by atoms with Gasteiger partial charge >= 0.3 is 0 Å². The van der Waals surface area contributed by atoms with Gasteiger partial charge in [-0.25, -0.2) is 4.39 Å². The maximum absolute atomic E-state index is 13.3. The molecule has 2 rings (SSSR count). The molecular weight excluding hydrogens is 295 g/mol. The Morgan fingerprint density at radius 1 is 1.36 bits per heavy atom. The highest BCUT2D eigenvalue weighted by Crippen LogP contribution is 2.20. The maximum Gasteiger partial charge on any atom is 0.285 e. The van der Waals surface area contributed by atoms with Crippen LogP contribution in [0.25, 0.3) is 0 Å². The average molecular weight is 306 g/mol. The fourth-order valence-corrected chi connectivity index (χ4v) is 1.89. The van der Waals surface area contributed by atoms with Crippen LogP contribution in [-0.2, 0) is 6.54 Å². The van der Waals surface area contributed by atoms with E-state index in [1.54, 1.807) is 0 Å². The first kappa shape index (κ1) is 15.4. The SMILES string of the molecule is COc1ccc(F)cc1C(=O)Cn1cc([N+](=O)[O-])ccc1=O. The van der Waals surface area contributed by atoms with E-state index < -0.39 is 28.6 Å². The monoisotopic (exact) mass is 306 g/mol. The van der Waals surface area contributed by atoms with Crippen LogP contribution in [0.1, 0.15) is 10.4 Å². The summed E-state index contributed by atoms with van der Waals surface area (Å²) in [7, 11) is 1.32. The molecule has 1 heterocycles. The fourth-order valence-electron chi connectivity index (χ4n) is 1.89. The third-order valence-electron chi connectivity index (χ3n) is 2.95. The summed E-state index contributed by atoms with van der Waals surface area (Å²) in [6.45, 7) is -0.458. The zero-order chi connectivity index (χ0) is 16.3. The van der Waals surface area contributed by atoms with Gasteiger partial charge in [-0.05, 0) is 18.2 Å². The molecule has 7 nitrogen and oxygen atoms in total. The number of Topliss-reactive ketones (excluding diaryl/α,β-unsaturated/α-hetero) is 1. The Labute approximate surface area is 123 Å². The van der Waals surface area contributed by atoms with Gasteiger partial charge in [-0.15, -0.1) is 0 Å². The summed E-state index contributed by atoms with van der Waals surface area (Å²) >= 11 is 0. The van der Waals surface area contributed by atoms with Crippen molar-refractivity contribution in [3.05, 3.63) is 68.4 Å². The smallest absolute Gasteiger partial charge is 0.285 e. The van der Waals surface area contributed by atoms with Gasteiger partial charge in [-0.3, -0.25) is 19.7 Å². The molecule has 0 atom stereocenters. The van der Waals surface area contributed by atoms with E-state index in [4.69, 9.17) is 4.74 Å². The molecule has 0 N–H and O–H groups in total. The number of pyridine rings is 1. The highest BCUT2D eigenvalue weighted by Gasteiger charge is 2.16. The first-order valence-electron chi connectivity index (χ1n) is 6.14. The number of benzene rings is 1. The lowest BCUT2D eigenvalue weighted by molar-refractivity contribution is -0.385. The van der Waals surface area contributed by atoms with E-state index in [0.29, 0.717) is 0 Å². The molecule has 8 heteroatoms. The number of carbonyl (C=O) groups is 1. The second-order valence-corrected chi connectivity index (χ2v) is 4.38. The molecule has 0 aliphatic heterocycles. The predicted molar refractivity (Wildman–Crippen MR) is 74.6 cm³/mol. The lowest BCUT2D eigenvalue weighted by atomic mass is 10.1. The summed E-state index contributed by atoms with van der Waals surface area (Å²) < 4.78 is 19.1. The van der Waals surface area contributed by atoms with Crippen LogP contribution in [-0.4, -0.2) is 22.4 Å². The highest BCUT2D eigenvalue weighted by atomic mass is 19.1. The van der Waals surface area contributed by atoms with E-state index in [0.717, 1.165) is 35.0 Å². The zero-order valence-corrected chi connectivity index (χ0v) is 11.5. The van der Waals surface area contributed by atoms with Gasteiger partial charge in [0.15, 0.2) is 5.78 Å². The summed E-state index contributed by atoms with van der Waals surface area (Å²) in [4.78, 5) is 33.9. The van der Waals surface area contributed by atoms with Crippen molar-refractivity contribution in [2.75, 3.05) is 7.11 Å². The quantitative estimate of drug-likeness (QED) is 0.477. The summed E-state index contributed by atoms with van der Waals surface area (Å²) in [5.74, 6) is -1.07. The van der Waals surface area contributed by atoms with Crippen LogP contribution in [0.4, 0.5) is 10.1 Å². The first-order chi connectivity index (χ1) is 10.4. The standard InChI is InChI=1S/C14H11FN2O5/c1-22-13-4-2-9(15)6-11(13)12(18)8-16-7-10(17(20)21)3-5-14(16)19/h2-7H,8H2,1H3. The second-order valence-electron chi connectivity index (χ2n) is 4.38. The number of carbonyl (C=O) groups excluding carboxylic acids is 1. The van der Waals surface area contributed by atoms with Gasteiger partial charge in [0, 0.05) is 12.1 Å². The molecule has 0 unspecified atom stereocenters. The molecule has 0 aliphatic carbocycles. The summed E-state index contributed by atoms with van der Waals surface area (Å²) in [6.07, 6.45) is 0.964. The van der Waals surface area contributed by atoms with E-state index in [9.17, 15) is 24.1 Å². The molecule has 0 amide bonds. The summed E-state index contributed by atoms with van der Waals surface area (Å²) in [5, 5.41) is 10.7. The van der Waals surface area contributed by atoms with Crippen molar-refractivity contribution in [1.82, 2.24) is 4.57 Å². The van der Waals surface area contributed by atoms with Crippen molar-refractivity contribution >= 4 is 11.5 Å². The van der Waals surface area contributed by atoms with Crippen LogP contribution < -0.4 is 10.3 Å². The third kappa shape index (κ3) is 3.17. The normalized spacial score (nSPS) is 10.3. The van der Waals surface area contributed by atoms with Crippen molar-refractivity contribution in [1.29, 1.82) is 0 Å². The van der Waals surface area contributed by atoms with E-state index in [2.05, 4.69) is 0 Å². The molecule has 0 fully saturated rings. The van der Waals surface area contributed by atoms with Gasteiger partial charge in [0.25, 0.3) is 11.2 Å². The molecule has 1 aromatic carbocycles. The van der Waals surface area contributed by atoms with Crippen LogP contribution >= 0.6 is 0 Å². The molecule has 0 saturated heterocycles. The second kappa shape index (κ2) is 6.17. The largest absolute Gasteiger partial charge is 0.496 e. The molecule has 0 bridgehead atoms. The van der Waals surface area contributed by atoms with E-state index in [-0.39, 0.29) is 17.0 Å². The minimum atomic E-state index is -0.677. The number of methoxy groups -OCH3 is 1. The van der Waals surface area contributed by atoms with E-state index in [1.165, 1.54) is 13.2 Å². The Hall–Kier alpha value is -3.03. The van der Waals surface area contributed by atoms with E-state index >= 15 is 0 Å². The third-order valence-corrected chi connectivity index (χ3v) is 2.95. The average Bonchev–Trinajstić information content (AvgIpc) is 2.49. The van der Waals surface area contributed by atoms with Crippen molar-refractivity contribution in [3.8, 4) is 5.75 Å². The number of nitro groups is 1. The number of hydrogen-bond acceptors (Lipinski definition) is 5. The van der Waals surface area contributed by atoms with Crippen LogP contribution in [0.2, 0.25) is 0 Å². The van der Waals surface area contributed by atoms with Gasteiger partial charge in [0.2, 0.25) is 0 Å². The lowest BCUT2D eigenvalue weighted by Gasteiger charge is -2.09. The van der Waals surface area contributed by atoms with Crippen LogP contribution in [0.3, 0.4) is 0 Å². The highest BCUT2D eigenvalue weighted by molar-refractivity contribution is 5.98. The molecule has 0 aliphatic rings.